The summed E-state index contributed by atoms with van der Waals surface area (Å²) in [4.78, 5) is 13.9. The zero-order valence-electron chi connectivity index (χ0n) is 10.9. The van der Waals surface area contributed by atoms with Gasteiger partial charge in [0.25, 0.3) is 0 Å². The molecular weight excluding hydrogens is 226 g/mol. The highest BCUT2D eigenvalue weighted by molar-refractivity contribution is 5.79. The molecule has 0 radical (unpaired) electrons. The van der Waals surface area contributed by atoms with Gasteiger partial charge in [-0.3, -0.25) is 4.79 Å². The molecule has 1 aromatic rings. The number of benzene rings is 1. The van der Waals surface area contributed by atoms with Gasteiger partial charge in [0, 0.05) is 18.9 Å². The summed E-state index contributed by atoms with van der Waals surface area (Å²) in [5.74, 6) is 1.34. The average molecular weight is 245 g/mol. The fourth-order valence-corrected chi connectivity index (χ4v) is 2.35. The van der Waals surface area contributed by atoms with Crippen molar-refractivity contribution >= 4 is 5.91 Å². The van der Waals surface area contributed by atoms with E-state index in [0.717, 1.165) is 17.9 Å². The molecule has 1 heterocycles. The number of rotatable bonds is 4. The van der Waals surface area contributed by atoms with Gasteiger partial charge < -0.3 is 9.64 Å². The van der Waals surface area contributed by atoms with E-state index in [-0.39, 0.29) is 17.9 Å². The first-order valence-corrected chi connectivity index (χ1v) is 6.21. The van der Waals surface area contributed by atoms with Crippen molar-refractivity contribution < 1.29 is 9.53 Å². The highest BCUT2D eigenvalue weighted by Gasteiger charge is 2.31. The molecule has 0 unspecified atom stereocenters. The Morgan fingerprint density at radius 2 is 2.11 bits per heavy atom. The Labute approximate surface area is 108 Å². The van der Waals surface area contributed by atoms with Gasteiger partial charge in [-0.2, -0.15) is 0 Å². The molecule has 1 aromatic carbocycles. The van der Waals surface area contributed by atoms with Gasteiger partial charge in [-0.1, -0.05) is 18.2 Å². The van der Waals surface area contributed by atoms with Crippen LogP contribution in [0.5, 0.6) is 5.75 Å². The third kappa shape index (κ3) is 2.40. The molecule has 18 heavy (non-hydrogen) atoms. The zero-order valence-corrected chi connectivity index (χ0v) is 10.9. The Balaban J connectivity index is 2.12. The Kier molecular flexibility index (Phi) is 3.70. The maximum atomic E-state index is 11.9. The predicted molar refractivity (Wildman–Crippen MR) is 71.4 cm³/mol. The smallest absolute Gasteiger partial charge is 0.223 e. The lowest BCUT2D eigenvalue weighted by Crippen LogP contribution is -2.28. The van der Waals surface area contributed by atoms with Crippen LogP contribution < -0.4 is 4.74 Å². The molecule has 2 rings (SSSR count). The Bertz CT molecular complexity index is 438. The molecule has 0 aliphatic carbocycles. The Hall–Kier alpha value is -1.77. The molecule has 3 nitrogen and oxygen atoms in total. The van der Waals surface area contributed by atoms with Crippen LogP contribution in [0.3, 0.4) is 0 Å². The number of amides is 1. The van der Waals surface area contributed by atoms with E-state index in [9.17, 15) is 4.79 Å². The van der Waals surface area contributed by atoms with Crippen LogP contribution in [0.2, 0.25) is 0 Å². The van der Waals surface area contributed by atoms with Crippen molar-refractivity contribution in [2.24, 2.45) is 5.92 Å². The molecule has 0 aromatic heterocycles. The molecule has 1 amide bonds. The fraction of sp³-hybridized carbons (Fsp3) is 0.400. The standard InChI is InChI=1S/C15H19NO2/c1-4-12-9-15(17)16(10-12)11(2)13-5-7-14(18-3)8-6-13/h4-8,11-12H,1,9-10H2,2-3H3/t11-,12-/m0/s1. The van der Waals surface area contributed by atoms with Crippen molar-refractivity contribution in [3.05, 3.63) is 42.5 Å². The summed E-state index contributed by atoms with van der Waals surface area (Å²) < 4.78 is 5.14. The number of carbonyl (C=O) groups is 1. The van der Waals surface area contributed by atoms with E-state index in [1.54, 1.807) is 7.11 Å². The molecule has 3 heteroatoms. The van der Waals surface area contributed by atoms with Crippen molar-refractivity contribution in [1.82, 2.24) is 4.90 Å². The lowest BCUT2D eigenvalue weighted by atomic mass is 10.1. The van der Waals surface area contributed by atoms with E-state index >= 15 is 0 Å². The lowest BCUT2D eigenvalue weighted by molar-refractivity contribution is -0.129. The molecule has 0 bridgehead atoms. The fourth-order valence-electron chi connectivity index (χ4n) is 2.35. The van der Waals surface area contributed by atoms with Crippen LogP contribution in [-0.2, 0) is 4.79 Å². The molecule has 96 valence electrons. The molecule has 1 fully saturated rings. The third-order valence-corrected chi connectivity index (χ3v) is 3.59. The van der Waals surface area contributed by atoms with Crippen LogP contribution in [-0.4, -0.2) is 24.5 Å². The van der Waals surface area contributed by atoms with Crippen LogP contribution in [0.1, 0.15) is 24.9 Å². The first-order valence-electron chi connectivity index (χ1n) is 6.21. The van der Waals surface area contributed by atoms with E-state index in [1.807, 2.05) is 35.2 Å². The number of hydrogen-bond acceptors (Lipinski definition) is 2. The molecule has 1 aliphatic heterocycles. The van der Waals surface area contributed by atoms with Gasteiger partial charge in [0.2, 0.25) is 5.91 Å². The van der Waals surface area contributed by atoms with Gasteiger partial charge in [0.15, 0.2) is 0 Å². The minimum Gasteiger partial charge on any atom is -0.497 e. The second kappa shape index (κ2) is 5.25. The van der Waals surface area contributed by atoms with Crippen molar-refractivity contribution in [3.63, 3.8) is 0 Å². The Morgan fingerprint density at radius 1 is 1.44 bits per heavy atom. The van der Waals surface area contributed by atoms with Gasteiger partial charge in [0.05, 0.1) is 13.2 Å². The quantitative estimate of drug-likeness (QED) is 0.763. The van der Waals surface area contributed by atoms with Gasteiger partial charge in [-0.25, -0.2) is 0 Å². The molecule has 2 atom stereocenters. The number of hydrogen-bond donors (Lipinski definition) is 0. The first kappa shape index (κ1) is 12.7. The summed E-state index contributed by atoms with van der Waals surface area (Å²) >= 11 is 0. The Morgan fingerprint density at radius 3 is 2.61 bits per heavy atom. The minimum atomic E-state index is 0.105. The monoisotopic (exact) mass is 245 g/mol. The summed E-state index contributed by atoms with van der Waals surface area (Å²) in [5.41, 5.74) is 1.13. The average Bonchev–Trinajstić information content (AvgIpc) is 2.79. The molecule has 0 spiro atoms. The minimum absolute atomic E-state index is 0.105. The molecule has 0 saturated carbocycles. The largest absolute Gasteiger partial charge is 0.497 e. The summed E-state index contributed by atoms with van der Waals surface area (Å²) in [6, 6.07) is 7.98. The summed E-state index contributed by atoms with van der Waals surface area (Å²) in [6.07, 6.45) is 2.46. The van der Waals surface area contributed by atoms with E-state index in [2.05, 4.69) is 13.5 Å². The number of nitrogens with zero attached hydrogens (tertiary/aromatic N) is 1. The van der Waals surface area contributed by atoms with Crippen LogP contribution >= 0.6 is 0 Å². The number of likely N-dealkylation sites (tertiary alicyclic amines) is 1. The zero-order chi connectivity index (χ0) is 13.1. The van der Waals surface area contributed by atoms with Crippen molar-refractivity contribution in [1.29, 1.82) is 0 Å². The van der Waals surface area contributed by atoms with E-state index in [4.69, 9.17) is 4.74 Å². The van der Waals surface area contributed by atoms with Crippen molar-refractivity contribution in [2.75, 3.05) is 13.7 Å². The van der Waals surface area contributed by atoms with E-state index in [1.165, 1.54) is 0 Å². The summed E-state index contributed by atoms with van der Waals surface area (Å²) in [6.45, 7) is 6.60. The molecule has 1 saturated heterocycles. The third-order valence-electron chi connectivity index (χ3n) is 3.59. The number of methoxy groups -OCH3 is 1. The van der Waals surface area contributed by atoms with Crippen molar-refractivity contribution in [3.8, 4) is 5.75 Å². The maximum absolute atomic E-state index is 11.9. The normalized spacial score (nSPS) is 20.9. The van der Waals surface area contributed by atoms with Gasteiger partial charge in [0.1, 0.15) is 5.75 Å². The highest BCUT2D eigenvalue weighted by Crippen LogP contribution is 2.29. The SMILES string of the molecule is C=C[C@H]1CC(=O)N([C@@H](C)c2ccc(OC)cc2)C1. The predicted octanol–water partition coefficient (Wildman–Crippen LogP) is 2.79. The summed E-state index contributed by atoms with van der Waals surface area (Å²) in [7, 11) is 1.65. The maximum Gasteiger partial charge on any atom is 0.223 e. The van der Waals surface area contributed by atoms with Crippen LogP contribution in [0.4, 0.5) is 0 Å². The van der Waals surface area contributed by atoms with E-state index < -0.39 is 0 Å². The van der Waals surface area contributed by atoms with Crippen LogP contribution in [0, 0.1) is 5.92 Å². The highest BCUT2D eigenvalue weighted by atomic mass is 16.5. The van der Waals surface area contributed by atoms with Crippen LogP contribution in [0.15, 0.2) is 36.9 Å². The second-order valence-corrected chi connectivity index (χ2v) is 4.70. The molecule has 0 N–H and O–H groups in total. The second-order valence-electron chi connectivity index (χ2n) is 4.70. The first-order chi connectivity index (χ1) is 8.65. The van der Waals surface area contributed by atoms with Crippen LogP contribution in [0.25, 0.3) is 0 Å². The molecule has 1 aliphatic rings. The topological polar surface area (TPSA) is 29.5 Å². The van der Waals surface area contributed by atoms with Crippen molar-refractivity contribution in [2.45, 2.75) is 19.4 Å². The number of carbonyl (C=O) groups excluding carboxylic acids is 1. The van der Waals surface area contributed by atoms with Gasteiger partial charge in [-0.05, 0) is 24.6 Å². The van der Waals surface area contributed by atoms with Gasteiger partial charge in [-0.15, -0.1) is 6.58 Å². The number of ether oxygens (including phenoxy) is 1. The van der Waals surface area contributed by atoms with E-state index in [0.29, 0.717) is 6.42 Å². The van der Waals surface area contributed by atoms with Gasteiger partial charge >= 0.3 is 0 Å². The summed E-state index contributed by atoms with van der Waals surface area (Å²) in [5, 5.41) is 0. The lowest BCUT2D eigenvalue weighted by Gasteiger charge is -2.25. The molecular formula is C15H19NO2.